The molecule has 0 bridgehead atoms. The fourth-order valence-corrected chi connectivity index (χ4v) is 1.75. The molecule has 122 valence electrons. The Kier molecular flexibility index (Phi) is 7.36. The summed E-state index contributed by atoms with van der Waals surface area (Å²) in [6.07, 6.45) is 5.80. The molecule has 0 unspecified atom stereocenters. The van der Waals surface area contributed by atoms with Gasteiger partial charge in [-0.3, -0.25) is 9.78 Å². The SMILES string of the molecule is CC(C)(C)OC(=O)NCCCCCC(=O)Nc1cccnc1. The Morgan fingerprint density at radius 2 is 2.00 bits per heavy atom. The number of aromatic nitrogens is 1. The average molecular weight is 307 g/mol. The third-order valence-electron chi connectivity index (χ3n) is 2.69. The molecular weight excluding hydrogens is 282 g/mol. The highest BCUT2D eigenvalue weighted by atomic mass is 16.6. The monoisotopic (exact) mass is 307 g/mol. The molecule has 0 atom stereocenters. The van der Waals surface area contributed by atoms with Gasteiger partial charge < -0.3 is 15.4 Å². The lowest BCUT2D eigenvalue weighted by molar-refractivity contribution is -0.116. The van der Waals surface area contributed by atoms with Gasteiger partial charge in [0.2, 0.25) is 5.91 Å². The van der Waals surface area contributed by atoms with E-state index in [0.29, 0.717) is 18.7 Å². The van der Waals surface area contributed by atoms with Crippen LogP contribution in [0.15, 0.2) is 24.5 Å². The van der Waals surface area contributed by atoms with Gasteiger partial charge >= 0.3 is 6.09 Å². The molecule has 2 amide bonds. The quantitative estimate of drug-likeness (QED) is 0.758. The first-order valence-electron chi connectivity index (χ1n) is 7.53. The first kappa shape index (κ1) is 17.9. The Bertz CT molecular complexity index is 469. The van der Waals surface area contributed by atoms with Crippen molar-refractivity contribution in [3.8, 4) is 0 Å². The van der Waals surface area contributed by atoms with Crippen molar-refractivity contribution in [3.63, 3.8) is 0 Å². The van der Waals surface area contributed by atoms with E-state index in [-0.39, 0.29) is 5.91 Å². The molecule has 0 aliphatic heterocycles. The Balaban J connectivity index is 2.04. The Morgan fingerprint density at radius 1 is 1.23 bits per heavy atom. The van der Waals surface area contributed by atoms with Crippen molar-refractivity contribution in [2.75, 3.05) is 11.9 Å². The van der Waals surface area contributed by atoms with Crippen molar-refractivity contribution in [2.45, 2.75) is 52.1 Å². The Morgan fingerprint density at radius 3 is 2.64 bits per heavy atom. The van der Waals surface area contributed by atoms with Crippen LogP contribution in [0.5, 0.6) is 0 Å². The molecule has 2 N–H and O–H groups in total. The summed E-state index contributed by atoms with van der Waals surface area (Å²) in [5, 5.41) is 5.48. The van der Waals surface area contributed by atoms with Crippen LogP contribution in [0.25, 0.3) is 0 Å². The highest BCUT2D eigenvalue weighted by molar-refractivity contribution is 5.90. The van der Waals surface area contributed by atoms with Gasteiger partial charge in [-0.2, -0.15) is 0 Å². The van der Waals surface area contributed by atoms with Gasteiger partial charge in [-0.05, 0) is 45.7 Å². The number of rotatable bonds is 7. The summed E-state index contributed by atoms with van der Waals surface area (Å²) in [6, 6.07) is 3.58. The number of carbonyl (C=O) groups is 2. The largest absolute Gasteiger partial charge is 0.444 e. The van der Waals surface area contributed by atoms with Crippen LogP contribution in [0.1, 0.15) is 46.5 Å². The maximum absolute atomic E-state index is 11.7. The van der Waals surface area contributed by atoms with Crippen LogP contribution in [0, 0.1) is 0 Å². The smallest absolute Gasteiger partial charge is 0.407 e. The predicted octanol–water partition coefficient (Wildman–Crippen LogP) is 3.11. The van der Waals surface area contributed by atoms with Crippen molar-refractivity contribution in [1.29, 1.82) is 0 Å². The summed E-state index contributed by atoms with van der Waals surface area (Å²) in [7, 11) is 0. The average Bonchev–Trinajstić information content (AvgIpc) is 2.42. The molecule has 0 saturated heterocycles. The number of amides is 2. The highest BCUT2D eigenvalue weighted by Gasteiger charge is 2.15. The summed E-state index contributed by atoms with van der Waals surface area (Å²) >= 11 is 0. The number of unbranched alkanes of at least 4 members (excludes halogenated alkanes) is 2. The lowest BCUT2D eigenvalue weighted by Crippen LogP contribution is -2.33. The molecule has 1 rings (SSSR count). The van der Waals surface area contributed by atoms with Crippen LogP contribution >= 0.6 is 0 Å². The minimum absolute atomic E-state index is 0.0203. The number of hydrogen-bond donors (Lipinski definition) is 2. The number of alkyl carbamates (subject to hydrolysis) is 1. The molecule has 0 spiro atoms. The number of hydrogen-bond acceptors (Lipinski definition) is 4. The summed E-state index contributed by atoms with van der Waals surface area (Å²) < 4.78 is 5.13. The van der Waals surface area contributed by atoms with Crippen LogP contribution in [0.3, 0.4) is 0 Å². The summed E-state index contributed by atoms with van der Waals surface area (Å²) in [4.78, 5) is 27.0. The second kappa shape index (κ2) is 9.02. The van der Waals surface area contributed by atoms with Crippen molar-refractivity contribution < 1.29 is 14.3 Å². The van der Waals surface area contributed by atoms with Gasteiger partial charge in [0.15, 0.2) is 0 Å². The summed E-state index contributed by atoms with van der Waals surface area (Å²) in [5.41, 5.74) is 0.230. The standard InChI is InChI=1S/C16H25N3O3/c1-16(2,3)22-15(21)18-11-6-4-5-9-14(20)19-13-8-7-10-17-12-13/h7-8,10,12H,4-6,9,11H2,1-3H3,(H,18,21)(H,19,20). The molecule has 6 nitrogen and oxygen atoms in total. The van der Waals surface area contributed by atoms with E-state index in [0.717, 1.165) is 19.3 Å². The van der Waals surface area contributed by atoms with Crippen LogP contribution in [-0.4, -0.2) is 29.1 Å². The van der Waals surface area contributed by atoms with E-state index < -0.39 is 11.7 Å². The topological polar surface area (TPSA) is 80.3 Å². The van der Waals surface area contributed by atoms with Gasteiger partial charge in [0.25, 0.3) is 0 Å². The number of nitrogens with zero attached hydrogens (tertiary/aromatic N) is 1. The van der Waals surface area contributed by atoms with Crippen molar-refractivity contribution >= 4 is 17.7 Å². The van der Waals surface area contributed by atoms with E-state index in [1.807, 2.05) is 20.8 Å². The number of anilines is 1. The van der Waals surface area contributed by atoms with Gasteiger partial charge in [-0.25, -0.2) is 4.79 Å². The molecule has 0 saturated carbocycles. The zero-order chi connectivity index (χ0) is 16.4. The molecule has 0 aliphatic carbocycles. The first-order chi connectivity index (χ1) is 10.4. The number of ether oxygens (including phenoxy) is 1. The van der Waals surface area contributed by atoms with Gasteiger partial charge in [0.05, 0.1) is 11.9 Å². The van der Waals surface area contributed by atoms with Crippen molar-refractivity contribution in [3.05, 3.63) is 24.5 Å². The molecule has 1 aromatic rings. The van der Waals surface area contributed by atoms with Crippen LogP contribution in [0.2, 0.25) is 0 Å². The minimum Gasteiger partial charge on any atom is -0.444 e. The van der Waals surface area contributed by atoms with Crippen LogP contribution in [0.4, 0.5) is 10.5 Å². The van der Waals surface area contributed by atoms with E-state index in [1.54, 1.807) is 24.5 Å². The molecule has 0 radical (unpaired) electrons. The molecule has 1 heterocycles. The van der Waals surface area contributed by atoms with E-state index in [4.69, 9.17) is 4.74 Å². The third-order valence-corrected chi connectivity index (χ3v) is 2.69. The maximum Gasteiger partial charge on any atom is 0.407 e. The van der Waals surface area contributed by atoms with E-state index in [9.17, 15) is 9.59 Å². The van der Waals surface area contributed by atoms with E-state index in [1.165, 1.54) is 0 Å². The number of nitrogens with one attached hydrogen (secondary N) is 2. The summed E-state index contributed by atoms with van der Waals surface area (Å²) in [5.74, 6) is -0.0203. The van der Waals surface area contributed by atoms with Gasteiger partial charge in [-0.15, -0.1) is 0 Å². The molecular formula is C16H25N3O3. The number of carbonyl (C=O) groups excluding carboxylic acids is 2. The second-order valence-electron chi connectivity index (χ2n) is 6.03. The Labute approximate surface area is 131 Å². The van der Waals surface area contributed by atoms with E-state index in [2.05, 4.69) is 15.6 Å². The molecule has 0 aliphatic rings. The fourth-order valence-electron chi connectivity index (χ4n) is 1.75. The zero-order valence-corrected chi connectivity index (χ0v) is 13.5. The first-order valence-corrected chi connectivity index (χ1v) is 7.53. The lowest BCUT2D eigenvalue weighted by atomic mass is 10.2. The normalized spacial score (nSPS) is 10.9. The lowest BCUT2D eigenvalue weighted by Gasteiger charge is -2.19. The predicted molar refractivity (Wildman–Crippen MR) is 85.6 cm³/mol. The summed E-state index contributed by atoms with van der Waals surface area (Å²) in [6.45, 7) is 6.04. The van der Waals surface area contributed by atoms with Crippen LogP contribution in [-0.2, 0) is 9.53 Å². The van der Waals surface area contributed by atoms with E-state index >= 15 is 0 Å². The van der Waals surface area contributed by atoms with Gasteiger partial charge in [-0.1, -0.05) is 6.42 Å². The van der Waals surface area contributed by atoms with Crippen molar-refractivity contribution in [1.82, 2.24) is 10.3 Å². The fraction of sp³-hybridized carbons (Fsp3) is 0.562. The molecule has 0 fully saturated rings. The van der Waals surface area contributed by atoms with Crippen LogP contribution < -0.4 is 10.6 Å². The number of pyridine rings is 1. The van der Waals surface area contributed by atoms with Gasteiger partial charge in [0, 0.05) is 19.2 Å². The molecule has 22 heavy (non-hydrogen) atoms. The van der Waals surface area contributed by atoms with Crippen molar-refractivity contribution in [2.24, 2.45) is 0 Å². The second-order valence-corrected chi connectivity index (χ2v) is 6.03. The third kappa shape index (κ3) is 8.94. The maximum atomic E-state index is 11.7. The molecule has 0 aromatic carbocycles. The molecule has 1 aromatic heterocycles. The minimum atomic E-state index is -0.478. The highest BCUT2D eigenvalue weighted by Crippen LogP contribution is 2.07. The Hall–Kier alpha value is -2.11. The zero-order valence-electron chi connectivity index (χ0n) is 13.5. The molecule has 6 heteroatoms. The van der Waals surface area contributed by atoms with Gasteiger partial charge in [0.1, 0.15) is 5.60 Å².